The quantitative estimate of drug-likeness (QED) is 0.665. The third kappa shape index (κ3) is 3.29. The molecule has 1 fully saturated rings. The minimum absolute atomic E-state index is 0.0613. The highest BCUT2D eigenvalue weighted by Crippen LogP contribution is 2.20. The highest BCUT2D eigenvalue weighted by Gasteiger charge is 2.27. The lowest BCUT2D eigenvalue weighted by Crippen LogP contribution is -2.41. The lowest BCUT2D eigenvalue weighted by atomic mass is 9.96. The van der Waals surface area contributed by atoms with E-state index in [1.54, 1.807) is 11.0 Å². The van der Waals surface area contributed by atoms with E-state index >= 15 is 0 Å². The number of para-hydroxylation sites is 1. The van der Waals surface area contributed by atoms with Crippen LogP contribution in [0.25, 0.3) is 0 Å². The van der Waals surface area contributed by atoms with Gasteiger partial charge in [-0.2, -0.15) is 0 Å². The number of ether oxygens (including phenoxy) is 1. The molecular formula is C15H20N2O3. The van der Waals surface area contributed by atoms with Gasteiger partial charge in [0.25, 0.3) is 0 Å². The molecule has 1 aliphatic heterocycles. The molecule has 5 nitrogen and oxygen atoms in total. The summed E-state index contributed by atoms with van der Waals surface area (Å²) >= 11 is 0. The SMILES string of the molecule is COC(=O)C1CCN(C(=O)Cc2ccccc2N)CC1. The Bertz CT molecular complexity index is 494. The molecule has 0 atom stereocenters. The van der Waals surface area contributed by atoms with Gasteiger partial charge in [-0.05, 0) is 24.5 Å². The molecular weight excluding hydrogens is 256 g/mol. The number of carbonyl (C=O) groups excluding carboxylic acids is 2. The summed E-state index contributed by atoms with van der Waals surface area (Å²) in [4.78, 5) is 25.5. The molecule has 108 valence electrons. The number of nitrogens with two attached hydrogens (primary N) is 1. The summed E-state index contributed by atoms with van der Waals surface area (Å²) in [5, 5.41) is 0. The van der Waals surface area contributed by atoms with Crippen LogP contribution in [-0.4, -0.2) is 37.0 Å². The molecule has 0 spiro atoms. The van der Waals surface area contributed by atoms with Crippen LogP contribution in [0.2, 0.25) is 0 Å². The largest absolute Gasteiger partial charge is 0.469 e. The number of hydrogen-bond acceptors (Lipinski definition) is 4. The molecule has 1 aromatic carbocycles. The van der Waals surface area contributed by atoms with Crippen molar-refractivity contribution in [1.29, 1.82) is 0 Å². The second-order valence-corrected chi connectivity index (χ2v) is 5.05. The minimum atomic E-state index is -0.176. The molecule has 1 amide bonds. The Morgan fingerprint density at radius 1 is 1.30 bits per heavy atom. The van der Waals surface area contributed by atoms with Crippen molar-refractivity contribution in [3.8, 4) is 0 Å². The fraction of sp³-hybridized carbons (Fsp3) is 0.467. The van der Waals surface area contributed by atoms with Gasteiger partial charge in [0.1, 0.15) is 0 Å². The number of rotatable bonds is 3. The van der Waals surface area contributed by atoms with Crippen LogP contribution >= 0.6 is 0 Å². The molecule has 0 saturated carbocycles. The molecule has 20 heavy (non-hydrogen) atoms. The number of nitrogens with zero attached hydrogens (tertiary/aromatic N) is 1. The number of esters is 1. The van der Waals surface area contributed by atoms with Crippen LogP contribution in [0.5, 0.6) is 0 Å². The fourth-order valence-electron chi connectivity index (χ4n) is 2.50. The average Bonchev–Trinajstić information content (AvgIpc) is 2.49. The van der Waals surface area contributed by atoms with Crippen molar-refractivity contribution in [2.45, 2.75) is 19.3 Å². The Balaban J connectivity index is 1.89. The first kappa shape index (κ1) is 14.4. The van der Waals surface area contributed by atoms with Gasteiger partial charge in [-0.3, -0.25) is 9.59 Å². The maximum absolute atomic E-state index is 12.2. The molecule has 1 aliphatic rings. The zero-order valence-electron chi connectivity index (χ0n) is 11.7. The molecule has 2 rings (SSSR count). The second-order valence-electron chi connectivity index (χ2n) is 5.05. The smallest absolute Gasteiger partial charge is 0.308 e. The van der Waals surface area contributed by atoms with Crippen molar-refractivity contribution in [2.75, 3.05) is 25.9 Å². The summed E-state index contributed by atoms with van der Waals surface area (Å²) < 4.78 is 4.74. The van der Waals surface area contributed by atoms with E-state index < -0.39 is 0 Å². The maximum Gasteiger partial charge on any atom is 0.308 e. The van der Waals surface area contributed by atoms with Crippen LogP contribution in [0.4, 0.5) is 5.69 Å². The number of benzene rings is 1. The van der Waals surface area contributed by atoms with E-state index in [2.05, 4.69) is 0 Å². The summed E-state index contributed by atoms with van der Waals surface area (Å²) in [6, 6.07) is 7.40. The predicted molar refractivity (Wildman–Crippen MR) is 75.9 cm³/mol. The zero-order valence-corrected chi connectivity index (χ0v) is 11.7. The Morgan fingerprint density at radius 3 is 2.55 bits per heavy atom. The molecule has 1 heterocycles. The highest BCUT2D eigenvalue weighted by atomic mass is 16.5. The maximum atomic E-state index is 12.2. The predicted octanol–water partition coefficient (Wildman–Crippen LogP) is 1.22. The van der Waals surface area contributed by atoms with Crippen molar-refractivity contribution in [2.24, 2.45) is 5.92 Å². The van der Waals surface area contributed by atoms with Crippen LogP contribution in [0, 0.1) is 5.92 Å². The molecule has 0 aromatic heterocycles. The summed E-state index contributed by atoms with van der Waals surface area (Å²) in [6.07, 6.45) is 1.65. The number of hydrogen-bond donors (Lipinski definition) is 1. The standard InChI is InChI=1S/C15H20N2O3/c1-20-15(19)11-6-8-17(9-7-11)14(18)10-12-4-2-3-5-13(12)16/h2-5,11H,6-10,16H2,1H3. The van der Waals surface area contributed by atoms with Crippen molar-refractivity contribution < 1.29 is 14.3 Å². The van der Waals surface area contributed by atoms with Gasteiger partial charge >= 0.3 is 5.97 Å². The lowest BCUT2D eigenvalue weighted by molar-refractivity contribution is -0.148. The van der Waals surface area contributed by atoms with E-state index in [-0.39, 0.29) is 17.8 Å². The molecule has 0 radical (unpaired) electrons. The summed E-state index contributed by atoms with van der Waals surface area (Å²) in [5.41, 5.74) is 7.34. The number of nitrogen functional groups attached to an aromatic ring is 1. The molecule has 0 aliphatic carbocycles. The van der Waals surface area contributed by atoms with E-state index in [0.717, 1.165) is 5.56 Å². The molecule has 1 saturated heterocycles. The third-order valence-electron chi connectivity index (χ3n) is 3.78. The van der Waals surface area contributed by atoms with E-state index in [9.17, 15) is 9.59 Å². The Morgan fingerprint density at radius 2 is 1.95 bits per heavy atom. The number of carbonyl (C=O) groups is 2. The monoisotopic (exact) mass is 276 g/mol. The van der Waals surface area contributed by atoms with Crippen molar-refractivity contribution >= 4 is 17.6 Å². The lowest BCUT2D eigenvalue weighted by Gasteiger charge is -2.30. The van der Waals surface area contributed by atoms with Crippen LogP contribution in [-0.2, 0) is 20.7 Å². The van der Waals surface area contributed by atoms with Crippen molar-refractivity contribution in [3.05, 3.63) is 29.8 Å². The molecule has 0 bridgehead atoms. The van der Waals surface area contributed by atoms with Crippen LogP contribution in [0.15, 0.2) is 24.3 Å². The number of anilines is 1. The Labute approximate surface area is 118 Å². The van der Waals surface area contributed by atoms with E-state index in [1.165, 1.54) is 7.11 Å². The number of likely N-dealkylation sites (tertiary alicyclic amines) is 1. The van der Waals surface area contributed by atoms with E-state index in [0.29, 0.717) is 38.0 Å². The minimum Gasteiger partial charge on any atom is -0.469 e. The van der Waals surface area contributed by atoms with Gasteiger partial charge in [-0.15, -0.1) is 0 Å². The van der Waals surface area contributed by atoms with Gasteiger partial charge in [0, 0.05) is 18.8 Å². The zero-order chi connectivity index (χ0) is 14.5. The molecule has 5 heteroatoms. The number of amides is 1. The van der Waals surface area contributed by atoms with Gasteiger partial charge in [-0.25, -0.2) is 0 Å². The Kier molecular flexibility index (Phi) is 4.61. The molecule has 1 aromatic rings. The van der Waals surface area contributed by atoms with Crippen molar-refractivity contribution in [3.63, 3.8) is 0 Å². The molecule has 0 unspecified atom stereocenters. The third-order valence-corrected chi connectivity index (χ3v) is 3.78. The van der Waals surface area contributed by atoms with Gasteiger partial charge in [0.15, 0.2) is 0 Å². The Hall–Kier alpha value is -2.04. The summed E-state index contributed by atoms with van der Waals surface area (Å²) in [6.45, 7) is 1.21. The topological polar surface area (TPSA) is 72.6 Å². The van der Waals surface area contributed by atoms with E-state index in [1.807, 2.05) is 18.2 Å². The van der Waals surface area contributed by atoms with Crippen LogP contribution in [0.1, 0.15) is 18.4 Å². The highest BCUT2D eigenvalue weighted by molar-refractivity contribution is 5.81. The average molecular weight is 276 g/mol. The van der Waals surface area contributed by atoms with Crippen LogP contribution in [0.3, 0.4) is 0 Å². The molecule has 2 N–H and O–H groups in total. The number of piperidine rings is 1. The van der Waals surface area contributed by atoms with Gasteiger partial charge in [0.2, 0.25) is 5.91 Å². The fourth-order valence-corrected chi connectivity index (χ4v) is 2.50. The second kappa shape index (κ2) is 6.41. The van der Waals surface area contributed by atoms with E-state index in [4.69, 9.17) is 10.5 Å². The van der Waals surface area contributed by atoms with Gasteiger partial charge < -0.3 is 15.4 Å². The summed E-state index contributed by atoms with van der Waals surface area (Å²) in [5.74, 6) is -0.193. The van der Waals surface area contributed by atoms with Crippen molar-refractivity contribution in [1.82, 2.24) is 4.90 Å². The summed E-state index contributed by atoms with van der Waals surface area (Å²) in [7, 11) is 1.40. The first-order valence-electron chi connectivity index (χ1n) is 6.80. The van der Waals surface area contributed by atoms with Gasteiger partial charge in [-0.1, -0.05) is 18.2 Å². The first-order chi connectivity index (χ1) is 9.61. The van der Waals surface area contributed by atoms with Gasteiger partial charge in [0.05, 0.1) is 19.4 Å². The van der Waals surface area contributed by atoms with Crippen LogP contribution < -0.4 is 5.73 Å². The normalized spacial score (nSPS) is 15.9. The number of methoxy groups -OCH3 is 1. The first-order valence-corrected chi connectivity index (χ1v) is 6.80.